The molecule has 2 fully saturated rings. The van der Waals surface area contributed by atoms with Crippen molar-refractivity contribution in [2.75, 3.05) is 16.6 Å². The fourth-order valence-electron chi connectivity index (χ4n) is 5.44. The number of carbonyl (C=O) groups excluding carboxylic acids is 2. The predicted octanol–water partition coefficient (Wildman–Crippen LogP) is 6.02. The normalized spacial score (nSPS) is 20.1. The van der Waals surface area contributed by atoms with Crippen LogP contribution in [0, 0.1) is 12.8 Å². The second-order valence-electron chi connectivity index (χ2n) is 9.87. The fourth-order valence-corrected chi connectivity index (χ4v) is 5.44. The SMILES string of the molecule is CCOc1cc([C@@H]2[C@H]3C(=O)N(c4ccccc4C)C(=O)[C@@H]3ON2c2ccccc2)ccc1OCc1ccccc1. The van der Waals surface area contributed by atoms with Gasteiger partial charge in [-0.3, -0.25) is 14.4 Å². The first-order valence-electron chi connectivity index (χ1n) is 13.4. The monoisotopic (exact) mass is 534 g/mol. The van der Waals surface area contributed by atoms with Gasteiger partial charge < -0.3 is 9.47 Å². The first-order chi connectivity index (χ1) is 19.6. The average molecular weight is 535 g/mol. The van der Waals surface area contributed by atoms with Crippen molar-refractivity contribution in [3.63, 3.8) is 0 Å². The van der Waals surface area contributed by atoms with Crippen LogP contribution in [0.25, 0.3) is 0 Å². The van der Waals surface area contributed by atoms with E-state index >= 15 is 0 Å². The van der Waals surface area contributed by atoms with Crippen molar-refractivity contribution in [1.29, 1.82) is 0 Å². The molecular formula is C33H30N2O5. The number of amides is 2. The molecule has 0 radical (unpaired) electrons. The van der Waals surface area contributed by atoms with Crippen LogP contribution in [0.15, 0.2) is 103 Å². The molecule has 0 unspecified atom stereocenters. The molecule has 0 saturated carbocycles. The Morgan fingerprint density at radius 3 is 2.20 bits per heavy atom. The van der Waals surface area contributed by atoms with Crippen LogP contribution in [0.2, 0.25) is 0 Å². The van der Waals surface area contributed by atoms with Gasteiger partial charge in [0.2, 0.25) is 5.91 Å². The quantitative estimate of drug-likeness (QED) is 0.258. The van der Waals surface area contributed by atoms with E-state index in [1.165, 1.54) is 4.90 Å². The Balaban J connectivity index is 1.38. The van der Waals surface area contributed by atoms with E-state index < -0.39 is 18.1 Å². The van der Waals surface area contributed by atoms with Crippen molar-refractivity contribution in [3.05, 3.63) is 120 Å². The maximum absolute atomic E-state index is 14.0. The van der Waals surface area contributed by atoms with Gasteiger partial charge in [0.25, 0.3) is 5.91 Å². The molecule has 4 aromatic rings. The zero-order valence-electron chi connectivity index (χ0n) is 22.4. The lowest BCUT2D eigenvalue weighted by atomic mass is 9.90. The Kier molecular flexibility index (Phi) is 6.97. The number of benzene rings is 4. The third-order valence-electron chi connectivity index (χ3n) is 7.33. The van der Waals surface area contributed by atoms with E-state index in [9.17, 15) is 9.59 Å². The predicted molar refractivity (Wildman–Crippen MR) is 152 cm³/mol. The van der Waals surface area contributed by atoms with Crippen molar-refractivity contribution < 1.29 is 23.9 Å². The summed E-state index contributed by atoms with van der Waals surface area (Å²) in [7, 11) is 0. The van der Waals surface area contributed by atoms with Gasteiger partial charge in [-0.1, -0.05) is 72.8 Å². The lowest BCUT2D eigenvalue weighted by Crippen LogP contribution is -2.37. The van der Waals surface area contributed by atoms with Gasteiger partial charge >= 0.3 is 0 Å². The lowest BCUT2D eigenvalue weighted by molar-refractivity contribution is -0.126. The Morgan fingerprint density at radius 2 is 1.48 bits per heavy atom. The lowest BCUT2D eigenvalue weighted by Gasteiger charge is -2.29. The molecule has 0 bridgehead atoms. The van der Waals surface area contributed by atoms with Crippen molar-refractivity contribution >= 4 is 23.2 Å². The highest BCUT2D eigenvalue weighted by atomic mass is 16.7. The van der Waals surface area contributed by atoms with E-state index in [2.05, 4.69) is 0 Å². The minimum absolute atomic E-state index is 0.282. The van der Waals surface area contributed by atoms with Gasteiger partial charge in [-0.2, -0.15) is 0 Å². The largest absolute Gasteiger partial charge is 0.490 e. The third-order valence-corrected chi connectivity index (χ3v) is 7.33. The molecule has 2 saturated heterocycles. The van der Waals surface area contributed by atoms with Crippen LogP contribution in [-0.2, 0) is 21.0 Å². The zero-order chi connectivity index (χ0) is 27.6. The molecule has 3 atom stereocenters. The molecule has 0 N–H and O–H groups in total. The summed E-state index contributed by atoms with van der Waals surface area (Å²) in [5.74, 6) is -0.208. The standard InChI is InChI=1S/C33H30N2O5/c1-3-38-28-20-24(18-19-27(28)39-21-23-13-6-4-7-14-23)30-29-31(40-35(30)25-15-8-5-9-16-25)33(37)34(32(29)36)26-17-11-10-12-22(26)2/h4-20,29-31H,3,21H2,1-2H3/t29-,30-,31-/m1/s1. The van der Waals surface area contributed by atoms with Crippen molar-refractivity contribution in [1.82, 2.24) is 0 Å². The van der Waals surface area contributed by atoms with Gasteiger partial charge in [-0.25, -0.2) is 9.96 Å². The first kappa shape index (κ1) is 25.6. The van der Waals surface area contributed by atoms with Gasteiger partial charge in [0.15, 0.2) is 17.6 Å². The molecule has 4 aromatic carbocycles. The molecule has 7 heteroatoms. The second kappa shape index (κ2) is 10.9. The van der Waals surface area contributed by atoms with E-state index in [-0.39, 0.29) is 11.8 Å². The smallest absolute Gasteiger partial charge is 0.266 e. The molecule has 2 aliphatic rings. The van der Waals surface area contributed by atoms with Crippen LogP contribution in [0.3, 0.4) is 0 Å². The molecule has 0 aliphatic carbocycles. The summed E-state index contributed by atoms with van der Waals surface area (Å²) < 4.78 is 12.1. The van der Waals surface area contributed by atoms with Crippen LogP contribution in [0.4, 0.5) is 11.4 Å². The number of carbonyl (C=O) groups is 2. The summed E-state index contributed by atoms with van der Waals surface area (Å²) in [6, 6.07) is 32.0. The van der Waals surface area contributed by atoms with E-state index in [0.29, 0.717) is 30.4 Å². The molecule has 2 heterocycles. The summed E-state index contributed by atoms with van der Waals surface area (Å²) in [5, 5.41) is 1.69. The van der Waals surface area contributed by atoms with E-state index in [4.69, 9.17) is 14.3 Å². The third kappa shape index (κ3) is 4.58. The highest BCUT2D eigenvalue weighted by Crippen LogP contribution is 2.49. The maximum atomic E-state index is 14.0. The van der Waals surface area contributed by atoms with Crippen molar-refractivity contribution in [2.45, 2.75) is 32.6 Å². The van der Waals surface area contributed by atoms with Gasteiger partial charge in [0.05, 0.1) is 24.0 Å². The zero-order valence-corrected chi connectivity index (χ0v) is 22.4. The number of nitrogens with zero attached hydrogens (tertiary/aromatic N) is 2. The maximum Gasteiger partial charge on any atom is 0.266 e. The van der Waals surface area contributed by atoms with E-state index in [1.54, 1.807) is 11.1 Å². The molecule has 2 aliphatic heterocycles. The summed E-state index contributed by atoms with van der Waals surface area (Å²) in [5.41, 5.74) is 4.02. The highest BCUT2D eigenvalue weighted by Gasteiger charge is 2.60. The molecule has 0 aromatic heterocycles. The summed E-state index contributed by atoms with van der Waals surface area (Å²) in [4.78, 5) is 35.2. The number of aryl methyl sites for hydroxylation is 1. The molecule has 202 valence electrons. The molecule has 2 amide bonds. The van der Waals surface area contributed by atoms with Crippen molar-refractivity contribution in [3.8, 4) is 11.5 Å². The minimum Gasteiger partial charge on any atom is -0.490 e. The van der Waals surface area contributed by atoms with Crippen LogP contribution < -0.4 is 19.4 Å². The Bertz CT molecular complexity index is 1520. The molecular weight excluding hydrogens is 504 g/mol. The summed E-state index contributed by atoms with van der Waals surface area (Å²) in [6.07, 6.45) is -0.943. The number of hydrogen-bond donors (Lipinski definition) is 0. The van der Waals surface area contributed by atoms with Crippen LogP contribution >= 0.6 is 0 Å². The minimum atomic E-state index is -0.943. The number of para-hydroxylation sites is 2. The number of anilines is 2. The fraction of sp³-hybridized carbons (Fsp3) is 0.212. The Hall–Kier alpha value is -4.62. The van der Waals surface area contributed by atoms with Gasteiger partial charge in [0.1, 0.15) is 12.5 Å². The van der Waals surface area contributed by atoms with Crippen molar-refractivity contribution in [2.24, 2.45) is 5.92 Å². The Morgan fingerprint density at radius 1 is 0.775 bits per heavy atom. The topological polar surface area (TPSA) is 68.3 Å². The summed E-state index contributed by atoms with van der Waals surface area (Å²) in [6.45, 7) is 4.64. The van der Waals surface area contributed by atoms with Crippen LogP contribution in [0.5, 0.6) is 11.5 Å². The number of ether oxygens (including phenoxy) is 2. The van der Waals surface area contributed by atoms with Gasteiger partial charge in [0, 0.05) is 0 Å². The molecule has 6 rings (SSSR count). The second-order valence-corrected chi connectivity index (χ2v) is 9.87. The number of imide groups is 1. The first-order valence-corrected chi connectivity index (χ1v) is 13.4. The van der Waals surface area contributed by atoms with E-state index in [1.807, 2.05) is 111 Å². The van der Waals surface area contributed by atoms with Gasteiger partial charge in [-0.15, -0.1) is 0 Å². The average Bonchev–Trinajstić information content (AvgIpc) is 3.49. The highest BCUT2D eigenvalue weighted by molar-refractivity contribution is 6.24. The molecule has 0 spiro atoms. The number of rotatable bonds is 8. The molecule has 40 heavy (non-hydrogen) atoms. The Labute approximate surface area is 233 Å². The van der Waals surface area contributed by atoms with E-state index in [0.717, 1.165) is 22.4 Å². The number of fused-ring (bicyclic) bond motifs is 1. The van der Waals surface area contributed by atoms with Crippen LogP contribution in [-0.4, -0.2) is 24.5 Å². The summed E-state index contributed by atoms with van der Waals surface area (Å²) >= 11 is 0. The van der Waals surface area contributed by atoms with Gasteiger partial charge in [-0.05, 0) is 60.9 Å². The number of hydrogen-bond acceptors (Lipinski definition) is 6. The van der Waals surface area contributed by atoms with Crippen LogP contribution in [0.1, 0.15) is 29.7 Å². The molecule has 7 nitrogen and oxygen atoms in total. The number of hydroxylamine groups is 1.